The van der Waals surface area contributed by atoms with Gasteiger partial charge in [0.25, 0.3) is 0 Å². The number of oxazole rings is 1. The van der Waals surface area contributed by atoms with E-state index in [1.165, 1.54) is 18.1 Å². The van der Waals surface area contributed by atoms with Gasteiger partial charge in [0, 0.05) is 18.2 Å². The number of hydrogen-bond acceptors (Lipinski definition) is 4. The number of aromatic nitrogens is 1. The maximum atomic E-state index is 11.1. The first-order valence-electron chi connectivity index (χ1n) is 7.91. The van der Waals surface area contributed by atoms with Gasteiger partial charge in [-0.3, -0.25) is 4.79 Å². The van der Waals surface area contributed by atoms with E-state index in [4.69, 9.17) is 16.6 Å². The molecule has 0 unspecified atom stereocenters. The summed E-state index contributed by atoms with van der Waals surface area (Å²) in [5.74, 6) is 0.337. The number of nitrogens with one attached hydrogen (secondary N) is 2. The van der Waals surface area contributed by atoms with Crippen LogP contribution in [0.25, 0.3) is 22.6 Å². The fourth-order valence-electron chi connectivity index (χ4n) is 2.51. The molecule has 25 heavy (non-hydrogen) atoms. The van der Waals surface area contributed by atoms with Crippen molar-refractivity contribution in [2.24, 2.45) is 0 Å². The first-order valence-corrected chi connectivity index (χ1v) is 8.31. The molecule has 0 saturated carbocycles. The van der Waals surface area contributed by atoms with Gasteiger partial charge in [-0.05, 0) is 73.9 Å². The second-order valence-corrected chi connectivity index (χ2v) is 6.50. The van der Waals surface area contributed by atoms with E-state index in [2.05, 4.69) is 22.5 Å². The Hall–Kier alpha value is -2.73. The van der Waals surface area contributed by atoms with E-state index in [0.717, 1.165) is 27.9 Å². The highest BCUT2D eigenvalue weighted by atomic mass is 32.1. The molecule has 0 aliphatic heterocycles. The van der Waals surface area contributed by atoms with Crippen LogP contribution in [0.3, 0.4) is 0 Å². The molecule has 1 amide bonds. The first kappa shape index (κ1) is 17.1. The minimum Gasteiger partial charge on any atom is -0.436 e. The highest BCUT2D eigenvalue weighted by Gasteiger charge is 2.12. The highest BCUT2D eigenvalue weighted by Crippen LogP contribution is 2.29. The number of benzene rings is 2. The van der Waals surface area contributed by atoms with Crippen LogP contribution in [-0.4, -0.2) is 16.0 Å². The number of carbonyl (C=O) groups excluding carboxylic acids is 1. The van der Waals surface area contributed by atoms with Gasteiger partial charge in [-0.2, -0.15) is 0 Å². The van der Waals surface area contributed by atoms with E-state index in [-0.39, 0.29) is 11.0 Å². The lowest BCUT2D eigenvalue weighted by molar-refractivity contribution is -0.117. The molecule has 1 aromatic heterocycles. The molecule has 0 saturated heterocycles. The summed E-state index contributed by atoms with van der Waals surface area (Å²) in [6.45, 7) is 7.48. The number of aryl methyl sites for hydroxylation is 3. The van der Waals surface area contributed by atoms with E-state index in [1.807, 2.05) is 44.2 Å². The van der Waals surface area contributed by atoms with Crippen molar-refractivity contribution in [3.05, 3.63) is 47.0 Å². The normalized spacial score (nSPS) is 10.7. The summed E-state index contributed by atoms with van der Waals surface area (Å²) in [6, 6.07) is 9.84. The molecule has 0 atom stereocenters. The number of nitrogens with zero attached hydrogens (tertiary/aromatic N) is 1. The van der Waals surface area contributed by atoms with Crippen molar-refractivity contribution in [2.75, 3.05) is 5.32 Å². The number of carbonyl (C=O) groups is 1. The Kier molecular flexibility index (Phi) is 4.55. The molecule has 2 aromatic carbocycles. The van der Waals surface area contributed by atoms with Crippen LogP contribution in [0.2, 0.25) is 0 Å². The standard InChI is InChI=1S/C19H19N3O2S/c1-10-5-6-14(9-15(10)22-19(25)20-13(4)23)18-21-16-7-11(2)12(3)8-17(16)24-18/h5-9H,1-4H3,(H2,20,22,23,25). The molecular weight excluding hydrogens is 334 g/mol. The van der Waals surface area contributed by atoms with Crippen LogP contribution in [0.5, 0.6) is 0 Å². The van der Waals surface area contributed by atoms with Crippen molar-refractivity contribution in [3.63, 3.8) is 0 Å². The second kappa shape index (κ2) is 6.64. The minimum absolute atomic E-state index is 0.212. The Morgan fingerprint density at radius 2 is 1.80 bits per heavy atom. The average Bonchev–Trinajstić information content (AvgIpc) is 2.92. The van der Waals surface area contributed by atoms with Crippen LogP contribution < -0.4 is 10.6 Å². The van der Waals surface area contributed by atoms with Crippen LogP contribution in [-0.2, 0) is 4.79 Å². The summed E-state index contributed by atoms with van der Waals surface area (Å²) in [7, 11) is 0. The maximum Gasteiger partial charge on any atom is 0.227 e. The molecular formula is C19H19N3O2S. The van der Waals surface area contributed by atoms with Crippen LogP contribution in [0.15, 0.2) is 34.7 Å². The molecule has 0 spiro atoms. The molecule has 0 fully saturated rings. The quantitative estimate of drug-likeness (QED) is 0.674. The third-order valence-corrected chi connectivity index (χ3v) is 4.23. The van der Waals surface area contributed by atoms with Crippen molar-refractivity contribution in [3.8, 4) is 11.5 Å². The zero-order chi connectivity index (χ0) is 18.1. The van der Waals surface area contributed by atoms with Gasteiger partial charge in [0.15, 0.2) is 10.7 Å². The van der Waals surface area contributed by atoms with Crippen molar-refractivity contribution in [1.82, 2.24) is 10.3 Å². The third-order valence-electron chi connectivity index (χ3n) is 4.03. The Morgan fingerprint density at radius 1 is 1.08 bits per heavy atom. The summed E-state index contributed by atoms with van der Waals surface area (Å²) in [6.07, 6.45) is 0. The Labute approximate surface area is 151 Å². The molecule has 128 valence electrons. The lowest BCUT2D eigenvalue weighted by Crippen LogP contribution is -2.32. The van der Waals surface area contributed by atoms with E-state index >= 15 is 0 Å². The summed E-state index contributed by atoms with van der Waals surface area (Å²) in [4.78, 5) is 15.7. The van der Waals surface area contributed by atoms with Gasteiger partial charge in [0.2, 0.25) is 11.8 Å². The zero-order valence-electron chi connectivity index (χ0n) is 14.6. The number of anilines is 1. The van der Waals surface area contributed by atoms with Gasteiger partial charge in [-0.25, -0.2) is 4.98 Å². The molecule has 0 aliphatic carbocycles. The average molecular weight is 353 g/mol. The molecule has 6 heteroatoms. The topological polar surface area (TPSA) is 67.2 Å². The molecule has 0 radical (unpaired) electrons. The van der Waals surface area contributed by atoms with Crippen molar-refractivity contribution in [1.29, 1.82) is 0 Å². The zero-order valence-corrected chi connectivity index (χ0v) is 15.4. The van der Waals surface area contributed by atoms with E-state index in [9.17, 15) is 4.79 Å². The lowest BCUT2D eigenvalue weighted by atomic mass is 10.1. The van der Waals surface area contributed by atoms with Crippen molar-refractivity contribution in [2.45, 2.75) is 27.7 Å². The molecule has 1 heterocycles. The van der Waals surface area contributed by atoms with Crippen LogP contribution in [0, 0.1) is 20.8 Å². The highest BCUT2D eigenvalue weighted by molar-refractivity contribution is 7.80. The van der Waals surface area contributed by atoms with Crippen LogP contribution in [0.4, 0.5) is 5.69 Å². The predicted molar refractivity (Wildman–Crippen MR) is 104 cm³/mol. The van der Waals surface area contributed by atoms with Gasteiger partial charge in [-0.1, -0.05) is 6.07 Å². The number of amides is 1. The number of rotatable bonds is 2. The number of thiocarbonyl (C=S) groups is 1. The van der Waals surface area contributed by atoms with Gasteiger partial charge in [0.05, 0.1) is 0 Å². The molecule has 3 aromatic rings. The Balaban J connectivity index is 1.96. The molecule has 0 bridgehead atoms. The van der Waals surface area contributed by atoms with E-state index in [0.29, 0.717) is 5.89 Å². The predicted octanol–water partition coefficient (Wildman–Crippen LogP) is 4.25. The van der Waals surface area contributed by atoms with Crippen molar-refractivity contribution < 1.29 is 9.21 Å². The SMILES string of the molecule is CC(=O)NC(=S)Nc1cc(-c2nc3cc(C)c(C)cc3o2)ccc1C. The molecule has 2 N–H and O–H groups in total. The van der Waals surface area contributed by atoms with Gasteiger partial charge in [0.1, 0.15) is 5.52 Å². The molecule has 0 aliphatic rings. The molecule has 3 rings (SSSR count). The van der Waals surface area contributed by atoms with Crippen LogP contribution in [0.1, 0.15) is 23.6 Å². The summed E-state index contributed by atoms with van der Waals surface area (Å²) in [5, 5.41) is 5.85. The fourth-order valence-corrected chi connectivity index (χ4v) is 2.76. The summed E-state index contributed by atoms with van der Waals surface area (Å²) in [5.41, 5.74) is 6.58. The minimum atomic E-state index is -0.212. The monoisotopic (exact) mass is 353 g/mol. The summed E-state index contributed by atoms with van der Waals surface area (Å²) >= 11 is 5.13. The largest absolute Gasteiger partial charge is 0.436 e. The number of hydrogen-bond donors (Lipinski definition) is 2. The second-order valence-electron chi connectivity index (χ2n) is 6.09. The van der Waals surface area contributed by atoms with Gasteiger partial charge < -0.3 is 15.1 Å². The summed E-state index contributed by atoms with van der Waals surface area (Å²) < 4.78 is 5.91. The lowest BCUT2D eigenvalue weighted by Gasteiger charge is -2.11. The fraction of sp³-hybridized carbons (Fsp3) is 0.211. The molecule has 5 nitrogen and oxygen atoms in total. The number of fused-ring (bicyclic) bond motifs is 1. The maximum absolute atomic E-state index is 11.1. The smallest absolute Gasteiger partial charge is 0.227 e. The first-order chi connectivity index (χ1) is 11.8. The van der Waals surface area contributed by atoms with E-state index < -0.39 is 0 Å². The van der Waals surface area contributed by atoms with Gasteiger partial charge in [-0.15, -0.1) is 0 Å². The van der Waals surface area contributed by atoms with Crippen molar-refractivity contribution >= 4 is 40.0 Å². The third kappa shape index (κ3) is 3.69. The van der Waals surface area contributed by atoms with Crippen LogP contribution >= 0.6 is 12.2 Å². The Bertz CT molecular complexity index is 953. The van der Waals surface area contributed by atoms with Gasteiger partial charge >= 0.3 is 0 Å². The van der Waals surface area contributed by atoms with E-state index in [1.54, 1.807) is 0 Å². The Morgan fingerprint density at radius 3 is 2.52 bits per heavy atom.